The highest BCUT2D eigenvalue weighted by atomic mass is 35.5. The second-order valence-electron chi connectivity index (χ2n) is 6.59. The van der Waals surface area contributed by atoms with E-state index < -0.39 is 0 Å². The van der Waals surface area contributed by atoms with Gasteiger partial charge in [0.1, 0.15) is 0 Å². The molecule has 23 heavy (non-hydrogen) atoms. The van der Waals surface area contributed by atoms with Crippen LogP contribution in [0.5, 0.6) is 0 Å². The van der Waals surface area contributed by atoms with Crippen molar-refractivity contribution in [2.45, 2.75) is 38.0 Å². The Kier molecular flexibility index (Phi) is 9.87. The molecule has 1 heterocycles. The van der Waals surface area contributed by atoms with Crippen molar-refractivity contribution in [3.05, 3.63) is 34.9 Å². The molecule has 1 saturated heterocycles. The number of hydrogen-bond acceptors (Lipinski definition) is 2. The van der Waals surface area contributed by atoms with E-state index >= 15 is 0 Å². The number of halogens is 3. The van der Waals surface area contributed by atoms with Gasteiger partial charge in [-0.3, -0.25) is 0 Å². The van der Waals surface area contributed by atoms with Crippen LogP contribution in [-0.2, 0) is 0 Å². The van der Waals surface area contributed by atoms with Crippen molar-refractivity contribution in [1.82, 2.24) is 10.2 Å². The van der Waals surface area contributed by atoms with Gasteiger partial charge in [0.05, 0.1) is 0 Å². The molecule has 2 fully saturated rings. The van der Waals surface area contributed by atoms with Crippen molar-refractivity contribution >= 4 is 36.4 Å². The zero-order valence-corrected chi connectivity index (χ0v) is 16.1. The summed E-state index contributed by atoms with van der Waals surface area (Å²) in [6.45, 7) is 6.01. The van der Waals surface area contributed by atoms with Crippen LogP contribution in [0.1, 0.15) is 43.6 Å². The molecule has 132 valence electrons. The first-order chi connectivity index (χ1) is 10.3. The fraction of sp³-hybridized carbons (Fsp3) is 0.667. The van der Waals surface area contributed by atoms with Crippen LogP contribution >= 0.6 is 36.4 Å². The fourth-order valence-corrected chi connectivity index (χ4v) is 4.21. The topological polar surface area (TPSA) is 15.3 Å². The average molecular weight is 380 g/mol. The van der Waals surface area contributed by atoms with Crippen molar-refractivity contribution in [3.63, 3.8) is 0 Å². The zero-order valence-electron chi connectivity index (χ0n) is 13.7. The minimum absolute atomic E-state index is 0. The zero-order chi connectivity index (χ0) is 14.5. The van der Waals surface area contributed by atoms with Crippen LogP contribution in [0, 0.1) is 5.92 Å². The van der Waals surface area contributed by atoms with Crippen LogP contribution in [0.25, 0.3) is 0 Å². The summed E-state index contributed by atoms with van der Waals surface area (Å²) in [7, 11) is 0. The summed E-state index contributed by atoms with van der Waals surface area (Å²) in [6, 6.07) is 8.57. The molecule has 1 aliphatic carbocycles. The highest BCUT2D eigenvalue weighted by molar-refractivity contribution is 6.30. The Balaban J connectivity index is 0.00000132. The van der Waals surface area contributed by atoms with Gasteiger partial charge >= 0.3 is 0 Å². The molecule has 2 unspecified atom stereocenters. The van der Waals surface area contributed by atoms with E-state index in [1.54, 1.807) is 0 Å². The van der Waals surface area contributed by atoms with Crippen LogP contribution in [0.15, 0.2) is 24.3 Å². The Morgan fingerprint density at radius 1 is 1.09 bits per heavy atom. The molecule has 2 nitrogen and oxygen atoms in total. The minimum Gasteiger partial charge on any atom is -0.314 e. The number of hydrogen-bond donors (Lipinski definition) is 1. The second kappa shape index (κ2) is 10.8. The van der Waals surface area contributed by atoms with E-state index in [0.29, 0.717) is 0 Å². The molecule has 2 atom stereocenters. The van der Waals surface area contributed by atoms with E-state index in [2.05, 4.69) is 28.4 Å². The lowest BCUT2D eigenvalue weighted by atomic mass is 9.74. The standard InChI is InChI=1S/C18H27ClN2.2ClH/c19-17-6-3-5-16(14-17)18-7-2-1-4-15(18)8-11-21-12-9-20-10-13-21;;/h3,5-6,14-15,18,20H,1-2,4,7-13H2;2*1H. The van der Waals surface area contributed by atoms with Gasteiger partial charge in [0, 0.05) is 31.2 Å². The normalized spacial score (nSPS) is 25.3. The molecule has 0 radical (unpaired) electrons. The molecule has 0 aromatic heterocycles. The summed E-state index contributed by atoms with van der Waals surface area (Å²) in [6.07, 6.45) is 6.86. The maximum Gasteiger partial charge on any atom is 0.0408 e. The van der Waals surface area contributed by atoms with Gasteiger partial charge in [-0.2, -0.15) is 0 Å². The van der Waals surface area contributed by atoms with E-state index in [-0.39, 0.29) is 24.8 Å². The van der Waals surface area contributed by atoms with Gasteiger partial charge in [-0.25, -0.2) is 0 Å². The van der Waals surface area contributed by atoms with Gasteiger partial charge in [-0.1, -0.05) is 36.6 Å². The Labute approximate surface area is 158 Å². The summed E-state index contributed by atoms with van der Waals surface area (Å²) in [5, 5.41) is 4.33. The number of piperazine rings is 1. The van der Waals surface area contributed by atoms with Gasteiger partial charge in [0.15, 0.2) is 0 Å². The quantitative estimate of drug-likeness (QED) is 0.812. The monoisotopic (exact) mass is 378 g/mol. The number of rotatable bonds is 4. The summed E-state index contributed by atoms with van der Waals surface area (Å²) in [5.41, 5.74) is 1.47. The Hall–Kier alpha value is 0.01000. The molecular weight excluding hydrogens is 351 g/mol. The highest BCUT2D eigenvalue weighted by Crippen LogP contribution is 2.40. The molecule has 1 saturated carbocycles. The van der Waals surface area contributed by atoms with Gasteiger partial charge in [-0.15, -0.1) is 24.8 Å². The van der Waals surface area contributed by atoms with Crippen LogP contribution in [0.3, 0.4) is 0 Å². The Bertz CT molecular complexity index is 450. The second-order valence-corrected chi connectivity index (χ2v) is 7.02. The van der Waals surface area contributed by atoms with Crippen molar-refractivity contribution < 1.29 is 0 Å². The lowest BCUT2D eigenvalue weighted by Gasteiger charge is -2.35. The highest BCUT2D eigenvalue weighted by Gasteiger charge is 2.27. The predicted molar refractivity (Wildman–Crippen MR) is 105 cm³/mol. The van der Waals surface area contributed by atoms with Gasteiger partial charge < -0.3 is 10.2 Å². The molecule has 1 aliphatic heterocycles. The SMILES string of the molecule is Cl.Cl.Clc1cccc(C2CCCCC2CCN2CCNCC2)c1. The first-order valence-electron chi connectivity index (χ1n) is 8.51. The third kappa shape index (κ3) is 6.10. The maximum absolute atomic E-state index is 6.20. The van der Waals surface area contributed by atoms with Crippen molar-refractivity contribution in [2.75, 3.05) is 32.7 Å². The smallest absolute Gasteiger partial charge is 0.0408 e. The minimum atomic E-state index is 0. The summed E-state index contributed by atoms with van der Waals surface area (Å²) < 4.78 is 0. The van der Waals surface area contributed by atoms with Crippen LogP contribution in [0.4, 0.5) is 0 Å². The number of nitrogens with zero attached hydrogens (tertiary/aromatic N) is 1. The average Bonchev–Trinajstić information content (AvgIpc) is 2.54. The van der Waals surface area contributed by atoms with Gasteiger partial charge in [-0.05, 0) is 55.3 Å². The van der Waals surface area contributed by atoms with E-state index in [0.717, 1.165) is 29.9 Å². The van der Waals surface area contributed by atoms with Crippen molar-refractivity contribution in [3.8, 4) is 0 Å². The van der Waals surface area contributed by atoms with Gasteiger partial charge in [0.25, 0.3) is 0 Å². The molecule has 3 rings (SSSR count). The molecule has 5 heteroatoms. The summed E-state index contributed by atoms with van der Waals surface area (Å²) >= 11 is 6.20. The molecule has 0 spiro atoms. The molecule has 1 N–H and O–H groups in total. The summed E-state index contributed by atoms with van der Waals surface area (Å²) in [4.78, 5) is 2.63. The molecule has 0 amide bonds. The van der Waals surface area contributed by atoms with Crippen LogP contribution in [-0.4, -0.2) is 37.6 Å². The van der Waals surface area contributed by atoms with Gasteiger partial charge in [0.2, 0.25) is 0 Å². The summed E-state index contributed by atoms with van der Waals surface area (Å²) in [5.74, 6) is 1.56. The molecular formula is C18H29Cl3N2. The van der Waals surface area contributed by atoms with E-state index in [4.69, 9.17) is 11.6 Å². The molecule has 1 aromatic rings. The Morgan fingerprint density at radius 2 is 1.83 bits per heavy atom. The van der Waals surface area contributed by atoms with E-state index in [1.807, 2.05) is 6.07 Å². The van der Waals surface area contributed by atoms with E-state index in [9.17, 15) is 0 Å². The largest absolute Gasteiger partial charge is 0.314 e. The third-order valence-electron chi connectivity index (χ3n) is 5.21. The van der Waals surface area contributed by atoms with Crippen molar-refractivity contribution in [2.24, 2.45) is 5.92 Å². The third-order valence-corrected chi connectivity index (χ3v) is 5.45. The molecule has 0 bridgehead atoms. The first kappa shape index (κ1) is 21.1. The van der Waals surface area contributed by atoms with Crippen molar-refractivity contribution in [1.29, 1.82) is 0 Å². The lowest BCUT2D eigenvalue weighted by molar-refractivity contribution is 0.199. The molecule has 1 aromatic carbocycles. The van der Waals surface area contributed by atoms with Crippen LogP contribution < -0.4 is 5.32 Å². The first-order valence-corrected chi connectivity index (χ1v) is 8.89. The number of nitrogens with one attached hydrogen (secondary N) is 1. The number of benzene rings is 1. The lowest BCUT2D eigenvalue weighted by Crippen LogP contribution is -2.44. The fourth-order valence-electron chi connectivity index (χ4n) is 4.01. The Morgan fingerprint density at radius 3 is 2.57 bits per heavy atom. The molecule has 2 aliphatic rings. The van der Waals surface area contributed by atoms with Crippen LogP contribution in [0.2, 0.25) is 5.02 Å². The van der Waals surface area contributed by atoms with E-state index in [1.165, 1.54) is 57.3 Å². The predicted octanol–water partition coefficient (Wildman–Crippen LogP) is 4.75. The maximum atomic E-state index is 6.20.